The van der Waals surface area contributed by atoms with Crippen LogP contribution in [-0.2, 0) is 9.84 Å². The molecule has 2 saturated carbocycles. The van der Waals surface area contributed by atoms with Gasteiger partial charge in [-0.15, -0.1) is 0 Å². The van der Waals surface area contributed by atoms with Gasteiger partial charge in [-0.1, -0.05) is 38.5 Å². The van der Waals surface area contributed by atoms with Gasteiger partial charge in [0.1, 0.15) is 0 Å². The Morgan fingerprint density at radius 2 is 1.53 bits per heavy atom. The molecule has 1 aromatic carbocycles. The Kier molecular flexibility index (Phi) is 1.84. The van der Waals surface area contributed by atoms with E-state index in [1.165, 1.54) is 0 Å². The molecule has 3 heteroatoms. The fraction of sp³-hybridized carbons (Fsp3) is 0.571. The summed E-state index contributed by atoms with van der Waals surface area (Å²) >= 11 is 0. The minimum Gasteiger partial charge on any atom is -0.223 e. The maximum Gasteiger partial charge on any atom is 0.185 e. The minimum absolute atomic E-state index is 0.0245. The van der Waals surface area contributed by atoms with E-state index in [-0.39, 0.29) is 5.41 Å². The summed E-state index contributed by atoms with van der Waals surface area (Å²) in [6.45, 7) is 8.20. The smallest absolute Gasteiger partial charge is 0.185 e. The van der Waals surface area contributed by atoms with Gasteiger partial charge in [0, 0.05) is 0 Å². The van der Waals surface area contributed by atoms with Crippen molar-refractivity contribution in [1.29, 1.82) is 0 Å². The summed E-state index contributed by atoms with van der Waals surface area (Å²) in [5.74, 6) is 0.604. The topological polar surface area (TPSA) is 34.1 Å². The lowest BCUT2D eigenvalue weighted by atomic mass is 10.0. The Bertz CT molecular complexity index is 573. The van der Waals surface area contributed by atoms with Gasteiger partial charge in [0.2, 0.25) is 0 Å². The van der Waals surface area contributed by atoms with Crippen LogP contribution in [0.3, 0.4) is 0 Å². The van der Waals surface area contributed by atoms with Crippen molar-refractivity contribution in [3.8, 4) is 0 Å². The van der Waals surface area contributed by atoms with E-state index in [1.54, 1.807) is 12.1 Å². The molecule has 0 aromatic heterocycles. The molecule has 2 fully saturated rings. The van der Waals surface area contributed by atoms with E-state index in [4.69, 9.17) is 0 Å². The number of rotatable bonds is 2. The third-order valence-corrected chi connectivity index (χ3v) is 8.47. The fourth-order valence-electron chi connectivity index (χ4n) is 4.05. The average molecular weight is 250 g/mol. The first kappa shape index (κ1) is 11.3. The lowest BCUT2D eigenvalue weighted by Crippen LogP contribution is -2.22. The second-order valence-corrected chi connectivity index (χ2v) is 7.99. The van der Waals surface area contributed by atoms with Crippen LogP contribution in [0, 0.1) is 24.2 Å². The first-order valence-electron chi connectivity index (χ1n) is 6.12. The molecule has 0 N–H and O–H groups in total. The molecule has 0 saturated heterocycles. The molecule has 4 atom stereocenters. The summed E-state index contributed by atoms with van der Waals surface area (Å²) in [6, 6.07) is 7.24. The van der Waals surface area contributed by atoms with Gasteiger partial charge < -0.3 is 0 Å². The van der Waals surface area contributed by atoms with Gasteiger partial charge in [0.05, 0.1) is 9.64 Å². The molecule has 0 aliphatic heterocycles. The van der Waals surface area contributed by atoms with Gasteiger partial charge in [-0.3, -0.25) is 0 Å². The van der Waals surface area contributed by atoms with E-state index in [0.29, 0.717) is 16.7 Å². The summed E-state index contributed by atoms with van der Waals surface area (Å²) in [5.41, 5.74) is 1.12. The number of sulfone groups is 1. The lowest BCUT2D eigenvalue weighted by Gasteiger charge is -2.15. The van der Waals surface area contributed by atoms with Crippen LogP contribution in [0.2, 0.25) is 0 Å². The van der Waals surface area contributed by atoms with Crippen molar-refractivity contribution in [2.45, 2.75) is 37.3 Å². The third kappa shape index (κ3) is 0.931. The first-order valence-corrected chi connectivity index (χ1v) is 7.61. The number of aryl methyl sites for hydroxylation is 1. The Labute approximate surface area is 103 Å². The van der Waals surface area contributed by atoms with E-state index in [0.717, 1.165) is 5.56 Å². The number of benzene rings is 1. The molecule has 0 spiro atoms. The molecule has 0 bridgehead atoms. The molecule has 0 radical (unpaired) electrons. The number of fused-ring (bicyclic) bond motifs is 1. The van der Waals surface area contributed by atoms with Gasteiger partial charge in [-0.05, 0) is 36.3 Å². The largest absolute Gasteiger partial charge is 0.223 e. The van der Waals surface area contributed by atoms with Crippen LogP contribution in [0.25, 0.3) is 0 Å². The highest BCUT2D eigenvalue weighted by Crippen LogP contribution is 2.90. The zero-order chi connectivity index (χ0) is 12.6. The molecule has 2 unspecified atom stereocenters. The normalized spacial score (nSPS) is 43.1. The van der Waals surface area contributed by atoms with Gasteiger partial charge in [-0.2, -0.15) is 0 Å². The average Bonchev–Trinajstić information content (AvgIpc) is 3.01. The van der Waals surface area contributed by atoms with Crippen molar-refractivity contribution in [3.05, 3.63) is 29.8 Å². The molecule has 17 heavy (non-hydrogen) atoms. The molecule has 3 rings (SSSR count). The summed E-state index contributed by atoms with van der Waals surface area (Å²) in [4.78, 5) is 0.489. The highest BCUT2D eigenvalue weighted by molar-refractivity contribution is 7.93. The molecule has 1 aromatic rings. The molecule has 2 aliphatic rings. The Morgan fingerprint density at radius 3 is 1.88 bits per heavy atom. The van der Waals surface area contributed by atoms with Crippen molar-refractivity contribution in [1.82, 2.24) is 0 Å². The van der Waals surface area contributed by atoms with Crippen LogP contribution in [0.15, 0.2) is 29.2 Å². The first-order chi connectivity index (χ1) is 7.81. The number of hydrogen-bond donors (Lipinski definition) is 0. The van der Waals surface area contributed by atoms with Crippen molar-refractivity contribution in [2.24, 2.45) is 17.3 Å². The highest BCUT2D eigenvalue weighted by atomic mass is 32.2. The number of hydrogen-bond acceptors (Lipinski definition) is 2. The second-order valence-electron chi connectivity index (χ2n) is 5.84. The van der Waals surface area contributed by atoms with Gasteiger partial charge in [-0.25, -0.2) is 8.42 Å². The predicted molar refractivity (Wildman–Crippen MR) is 67.5 cm³/mol. The van der Waals surface area contributed by atoms with Crippen LogP contribution >= 0.6 is 0 Å². The minimum atomic E-state index is -3.16. The molecular formula is C14H18O2S. The molecule has 92 valence electrons. The second kappa shape index (κ2) is 2.77. The summed E-state index contributed by atoms with van der Waals surface area (Å²) in [6.07, 6.45) is 0. The lowest BCUT2D eigenvalue weighted by molar-refractivity contribution is 0.447. The van der Waals surface area contributed by atoms with Crippen LogP contribution in [-0.4, -0.2) is 13.2 Å². The van der Waals surface area contributed by atoms with E-state index in [9.17, 15) is 8.42 Å². The molecule has 2 nitrogen and oxygen atoms in total. The maximum absolute atomic E-state index is 12.7. The standard InChI is InChI=1S/C14H18O2S/c1-9-5-7-12(8-6-9)17(15,16)14-10(2)13(14,4)11(14)3/h5-8,10-11H,1-4H3/t10-,11+,13?,14?. The Hall–Kier alpha value is -0.830. The van der Waals surface area contributed by atoms with Crippen LogP contribution < -0.4 is 0 Å². The van der Waals surface area contributed by atoms with Gasteiger partial charge in [0.15, 0.2) is 9.84 Å². The summed E-state index contributed by atoms with van der Waals surface area (Å²) in [5, 5.41) is 0. The van der Waals surface area contributed by atoms with Crippen molar-refractivity contribution >= 4 is 9.84 Å². The molecule has 2 aliphatic carbocycles. The predicted octanol–water partition coefficient (Wildman–Crippen LogP) is 2.81. The van der Waals surface area contributed by atoms with Crippen LogP contribution in [0.4, 0.5) is 0 Å². The van der Waals surface area contributed by atoms with Crippen LogP contribution in [0.1, 0.15) is 26.3 Å². The van der Waals surface area contributed by atoms with E-state index in [2.05, 4.69) is 20.8 Å². The molecular weight excluding hydrogens is 232 g/mol. The zero-order valence-corrected chi connectivity index (χ0v) is 11.5. The summed E-state index contributed by atoms with van der Waals surface area (Å²) in [7, 11) is -3.16. The highest BCUT2D eigenvalue weighted by Gasteiger charge is 2.97. The Balaban J connectivity index is 2.08. The van der Waals surface area contributed by atoms with Gasteiger partial charge >= 0.3 is 0 Å². The Morgan fingerprint density at radius 1 is 1.06 bits per heavy atom. The van der Waals surface area contributed by atoms with Crippen molar-refractivity contribution in [3.63, 3.8) is 0 Å². The maximum atomic E-state index is 12.7. The van der Waals surface area contributed by atoms with Crippen molar-refractivity contribution < 1.29 is 8.42 Å². The SMILES string of the molecule is Cc1ccc(S(=O)(=O)C23[C@H](C)C2(C)[C@@H]3C)cc1. The summed E-state index contributed by atoms with van der Waals surface area (Å²) < 4.78 is 24.9. The molecule has 0 heterocycles. The van der Waals surface area contributed by atoms with E-state index < -0.39 is 14.6 Å². The molecule has 0 amide bonds. The fourth-order valence-corrected chi connectivity index (χ4v) is 7.17. The quantitative estimate of drug-likeness (QED) is 0.809. The zero-order valence-electron chi connectivity index (χ0n) is 10.7. The van der Waals surface area contributed by atoms with Crippen molar-refractivity contribution in [2.75, 3.05) is 0 Å². The van der Waals surface area contributed by atoms with Gasteiger partial charge in [0.25, 0.3) is 0 Å². The van der Waals surface area contributed by atoms with E-state index >= 15 is 0 Å². The van der Waals surface area contributed by atoms with E-state index in [1.807, 2.05) is 19.1 Å². The van der Waals surface area contributed by atoms with Crippen LogP contribution in [0.5, 0.6) is 0 Å². The monoisotopic (exact) mass is 250 g/mol. The third-order valence-electron chi connectivity index (χ3n) is 5.54.